The lowest BCUT2D eigenvalue weighted by Gasteiger charge is -2.43. The molecule has 1 atom stereocenters. The van der Waals surface area contributed by atoms with E-state index in [9.17, 15) is 27.9 Å². The SMILES string of the molecule is CCc1cc(C(=O)O)cc(C2(NC(=O)c3cc4c(Cl)c(Cl)ccc4n3C)CCCN(S(=O)(=O)NC(=O)NC)C2)c1. The van der Waals surface area contributed by atoms with Crippen molar-refractivity contribution in [3.8, 4) is 0 Å². The average Bonchev–Trinajstić information content (AvgIpc) is 3.27. The van der Waals surface area contributed by atoms with Gasteiger partial charge >= 0.3 is 22.2 Å². The number of aromatic nitrogens is 1. The molecule has 0 saturated carbocycles. The molecule has 0 bridgehead atoms. The normalized spacial score (nSPS) is 17.9. The number of halogens is 2. The largest absolute Gasteiger partial charge is 0.478 e. The van der Waals surface area contributed by atoms with Gasteiger partial charge in [0, 0.05) is 38.1 Å². The number of urea groups is 1. The fourth-order valence-corrected chi connectivity index (χ4v) is 6.61. The van der Waals surface area contributed by atoms with Crippen LogP contribution in [0.15, 0.2) is 36.4 Å². The van der Waals surface area contributed by atoms with E-state index in [2.05, 4.69) is 10.6 Å². The molecular weight excluding hydrogens is 581 g/mol. The molecule has 4 N–H and O–H groups in total. The van der Waals surface area contributed by atoms with Gasteiger partial charge in [-0.05, 0) is 60.7 Å². The number of amides is 3. The van der Waals surface area contributed by atoms with Crippen LogP contribution in [0.5, 0.6) is 0 Å². The van der Waals surface area contributed by atoms with Gasteiger partial charge in [-0.3, -0.25) is 4.79 Å². The van der Waals surface area contributed by atoms with E-state index in [1.807, 2.05) is 11.6 Å². The van der Waals surface area contributed by atoms with Crippen molar-refractivity contribution in [1.29, 1.82) is 0 Å². The Hall–Kier alpha value is -3.32. The molecular formula is C26H29Cl2N5O6S. The molecule has 1 aliphatic rings. The van der Waals surface area contributed by atoms with Gasteiger partial charge in [0.2, 0.25) is 0 Å². The van der Waals surface area contributed by atoms with Gasteiger partial charge in [-0.25, -0.2) is 14.3 Å². The molecule has 3 amide bonds. The number of benzene rings is 2. The second-order valence-corrected chi connectivity index (χ2v) is 12.1. The molecule has 1 aliphatic heterocycles. The Labute approximate surface area is 241 Å². The first-order valence-corrected chi connectivity index (χ1v) is 14.6. The molecule has 4 rings (SSSR count). The van der Waals surface area contributed by atoms with Crippen LogP contribution in [-0.4, -0.2) is 60.4 Å². The third-order valence-electron chi connectivity index (χ3n) is 7.15. The number of nitrogens with zero attached hydrogens (tertiary/aromatic N) is 2. The molecule has 11 nitrogen and oxygen atoms in total. The van der Waals surface area contributed by atoms with E-state index in [0.29, 0.717) is 51.3 Å². The Morgan fingerprint density at radius 1 is 1.12 bits per heavy atom. The molecule has 0 radical (unpaired) electrons. The number of hydrogen-bond donors (Lipinski definition) is 4. The second-order valence-electron chi connectivity index (χ2n) is 9.62. The molecule has 40 heavy (non-hydrogen) atoms. The van der Waals surface area contributed by atoms with Crippen molar-refractivity contribution in [2.45, 2.75) is 31.7 Å². The molecule has 1 unspecified atom stereocenters. The van der Waals surface area contributed by atoms with E-state index in [0.717, 1.165) is 4.31 Å². The highest BCUT2D eigenvalue weighted by Crippen LogP contribution is 2.36. The number of fused-ring (bicyclic) bond motifs is 1. The first-order chi connectivity index (χ1) is 18.8. The number of piperidine rings is 1. The van der Waals surface area contributed by atoms with Crippen molar-refractivity contribution in [3.63, 3.8) is 0 Å². The highest BCUT2D eigenvalue weighted by molar-refractivity contribution is 7.87. The molecule has 1 saturated heterocycles. The summed E-state index contributed by atoms with van der Waals surface area (Å²) in [6.45, 7) is 1.71. The zero-order valence-corrected chi connectivity index (χ0v) is 24.4. The molecule has 0 aliphatic carbocycles. The van der Waals surface area contributed by atoms with E-state index >= 15 is 0 Å². The summed E-state index contributed by atoms with van der Waals surface area (Å²) in [6, 6.07) is 8.81. The maximum Gasteiger partial charge on any atom is 0.335 e. The number of carbonyl (C=O) groups excluding carboxylic acids is 2. The Balaban J connectivity index is 1.84. The van der Waals surface area contributed by atoms with Crippen molar-refractivity contribution < 1.29 is 27.9 Å². The monoisotopic (exact) mass is 609 g/mol. The summed E-state index contributed by atoms with van der Waals surface area (Å²) < 4.78 is 30.8. The topological polar surface area (TPSA) is 150 Å². The standard InChI is InChI=1S/C26H29Cl2N5O6S/c1-4-15-10-16(24(35)36)12-17(11-15)26(8-5-9-33(14-26)40(38,39)31-25(37)29-2)30-23(34)21-13-18-20(32(21)3)7-6-19(27)22(18)28/h6-7,10-13H,4-5,8-9,14H2,1-3H3,(H,30,34)(H,35,36)(H2,29,31,37). The molecule has 14 heteroatoms. The van der Waals surface area contributed by atoms with E-state index in [1.54, 1.807) is 41.9 Å². The maximum absolute atomic E-state index is 13.9. The van der Waals surface area contributed by atoms with Crippen molar-refractivity contribution in [2.75, 3.05) is 20.1 Å². The summed E-state index contributed by atoms with van der Waals surface area (Å²) >= 11 is 12.6. The van der Waals surface area contributed by atoms with Gasteiger partial charge in [-0.15, -0.1) is 0 Å². The summed E-state index contributed by atoms with van der Waals surface area (Å²) in [4.78, 5) is 37.7. The van der Waals surface area contributed by atoms with Crippen molar-refractivity contribution in [2.24, 2.45) is 7.05 Å². The van der Waals surface area contributed by atoms with Gasteiger partial charge in [-0.1, -0.05) is 36.2 Å². The summed E-state index contributed by atoms with van der Waals surface area (Å²) in [6.07, 6.45) is 1.15. The van der Waals surface area contributed by atoms with Gasteiger partial charge < -0.3 is 20.3 Å². The number of aryl methyl sites for hydroxylation is 2. The summed E-state index contributed by atoms with van der Waals surface area (Å²) in [5, 5.41) is 16.2. The quantitative estimate of drug-likeness (QED) is 0.321. The third-order valence-corrected chi connectivity index (χ3v) is 9.40. The first kappa shape index (κ1) is 29.7. The average molecular weight is 611 g/mol. The van der Waals surface area contributed by atoms with Crippen LogP contribution in [0.1, 0.15) is 51.7 Å². The second kappa shape index (κ2) is 11.3. The Kier molecular flexibility index (Phi) is 8.36. The molecule has 1 aromatic heterocycles. The van der Waals surface area contributed by atoms with E-state index in [1.165, 1.54) is 13.1 Å². The summed E-state index contributed by atoms with van der Waals surface area (Å²) in [5.41, 5.74) is 0.748. The van der Waals surface area contributed by atoms with Gasteiger partial charge in [-0.2, -0.15) is 12.7 Å². The van der Waals surface area contributed by atoms with Gasteiger partial charge in [0.25, 0.3) is 5.91 Å². The molecule has 1 fully saturated rings. The van der Waals surface area contributed by atoms with Crippen LogP contribution < -0.4 is 15.4 Å². The third kappa shape index (κ3) is 5.62. The molecule has 0 spiro atoms. The summed E-state index contributed by atoms with van der Waals surface area (Å²) in [7, 11) is -1.31. The number of carbonyl (C=O) groups is 3. The van der Waals surface area contributed by atoms with Gasteiger partial charge in [0.05, 0.1) is 21.1 Å². The number of aromatic carboxylic acids is 1. The van der Waals surface area contributed by atoms with Crippen molar-refractivity contribution in [3.05, 3.63) is 68.8 Å². The lowest BCUT2D eigenvalue weighted by atomic mass is 9.81. The van der Waals surface area contributed by atoms with Crippen LogP contribution in [0.3, 0.4) is 0 Å². The lowest BCUT2D eigenvalue weighted by molar-refractivity contribution is 0.0696. The number of carboxylic acids is 1. The first-order valence-electron chi connectivity index (χ1n) is 12.4. The van der Waals surface area contributed by atoms with Crippen molar-refractivity contribution in [1.82, 2.24) is 24.2 Å². The minimum atomic E-state index is -4.29. The molecule has 2 aromatic carbocycles. The maximum atomic E-state index is 13.9. The van der Waals surface area contributed by atoms with Crippen LogP contribution in [0, 0.1) is 0 Å². The fourth-order valence-electron chi connectivity index (χ4n) is 5.01. The molecule has 3 aromatic rings. The molecule has 2 heterocycles. The highest BCUT2D eigenvalue weighted by Gasteiger charge is 2.43. The minimum absolute atomic E-state index is 0.0115. The van der Waals surface area contributed by atoms with Crippen LogP contribution in [0.2, 0.25) is 10.0 Å². The number of rotatable bonds is 7. The van der Waals surface area contributed by atoms with Gasteiger partial charge in [0.1, 0.15) is 5.69 Å². The number of hydrogen-bond acceptors (Lipinski definition) is 5. The Bertz CT molecular complexity index is 1620. The van der Waals surface area contributed by atoms with E-state index < -0.39 is 33.7 Å². The summed E-state index contributed by atoms with van der Waals surface area (Å²) in [5.74, 6) is -1.68. The smallest absolute Gasteiger partial charge is 0.335 e. The number of carboxylic acid groups (broad SMARTS) is 1. The van der Waals surface area contributed by atoms with E-state index in [-0.39, 0.29) is 24.3 Å². The van der Waals surface area contributed by atoms with Crippen molar-refractivity contribution >= 4 is 62.2 Å². The Morgan fingerprint density at radius 3 is 2.50 bits per heavy atom. The zero-order chi connectivity index (χ0) is 29.4. The molecule has 214 valence electrons. The number of nitrogens with one attached hydrogen (secondary N) is 3. The predicted octanol–water partition coefficient (Wildman–Crippen LogP) is 3.64. The highest BCUT2D eigenvalue weighted by atomic mass is 35.5. The minimum Gasteiger partial charge on any atom is -0.478 e. The van der Waals surface area contributed by atoms with Crippen LogP contribution in [0.25, 0.3) is 10.9 Å². The van der Waals surface area contributed by atoms with E-state index in [4.69, 9.17) is 23.2 Å². The Morgan fingerprint density at radius 2 is 1.85 bits per heavy atom. The van der Waals surface area contributed by atoms with Crippen LogP contribution >= 0.6 is 23.2 Å². The fraction of sp³-hybridized carbons (Fsp3) is 0.346. The zero-order valence-electron chi connectivity index (χ0n) is 22.0. The van der Waals surface area contributed by atoms with Gasteiger partial charge in [0.15, 0.2) is 0 Å². The predicted molar refractivity (Wildman–Crippen MR) is 152 cm³/mol. The lowest BCUT2D eigenvalue weighted by Crippen LogP contribution is -2.60. The van der Waals surface area contributed by atoms with Crippen LogP contribution in [0.4, 0.5) is 4.79 Å². The van der Waals surface area contributed by atoms with Crippen LogP contribution in [-0.2, 0) is 29.2 Å².